The number of hydrogen-bond acceptors (Lipinski definition) is 3. The lowest BCUT2D eigenvalue weighted by Crippen LogP contribution is -2.80. The van der Waals surface area contributed by atoms with E-state index in [0.717, 1.165) is 6.42 Å². The first-order chi connectivity index (χ1) is 9.30. The zero-order valence-electron chi connectivity index (χ0n) is 14.6. The van der Waals surface area contributed by atoms with Gasteiger partial charge in [0.05, 0.1) is 42.3 Å². The molecule has 0 bridgehead atoms. The van der Waals surface area contributed by atoms with E-state index in [1.807, 2.05) is 35.0 Å². The molecule has 0 spiro atoms. The van der Waals surface area contributed by atoms with Crippen LogP contribution in [0.3, 0.4) is 0 Å². The number of urea groups is 1. The summed E-state index contributed by atoms with van der Waals surface area (Å²) >= 11 is 0. The average molecular weight is 300 g/mol. The fraction of sp³-hybridized carbons (Fsp3) is 0.800. The van der Waals surface area contributed by atoms with Gasteiger partial charge in [0.2, 0.25) is 0 Å². The highest BCUT2D eigenvalue weighted by molar-refractivity contribution is 6.06. The number of carbonyl (C=O) groups excluding carboxylic acids is 3. The molecule has 1 rings (SSSR count). The summed E-state index contributed by atoms with van der Waals surface area (Å²) in [6.45, 7) is 4.51. The first-order valence-electron chi connectivity index (χ1n) is 7.44. The molecule has 0 aromatic carbocycles. The minimum Gasteiger partial charge on any atom is -0.306 e. The third kappa shape index (κ3) is 2.80. The van der Waals surface area contributed by atoms with E-state index in [4.69, 9.17) is 0 Å². The number of nitrogens with zero attached hydrogens (tertiary/aromatic N) is 3. The van der Waals surface area contributed by atoms with Gasteiger partial charge in [0, 0.05) is 5.92 Å². The summed E-state index contributed by atoms with van der Waals surface area (Å²) in [4.78, 5) is 38.4. The molecular formula is C15H30N3O3+3. The number of carbonyl (C=O) groups is 3. The van der Waals surface area contributed by atoms with Crippen molar-refractivity contribution in [2.24, 2.45) is 5.92 Å². The summed E-state index contributed by atoms with van der Waals surface area (Å²) in [6.07, 6.45) is 0.894. The highest BCUT2D eigenvalue weighted by Gasteiger charge is 2.69. The van der Waals surface area contributed by atoms with E-state index in [9.17, 15) is 14.4 Å². The number of likely N-dealkylation sites (N-methyl/N-ethyl adjacent to an activating group) is 3. The van der Waals surface area contributed by atoms with Crippen LogP contribution in [0.25, 0.3) is 0 Å². The SMILES string of the molecule is CCC(C)C[N+]1(C)C(=O)C([N+](C)(C)C)C(=O)[N+](C)(C)C1=O. The molecular weight excluding hydrogens is 270 g/mol. The van der Waals surface area contributed by atoms with Gasteiger partial charge in [-0.1, -0.05) is 13.8 Å². The van der Waals surface area contributed by atoms with Gasteiger partial charge in [-0.05, 0) is 6.42 Å². The van der Waals surface area contributed by atoms with Gasteiger partial charge >= 0.3 is 23.9 Å². The quantitative estimate of drug-likeness (QED) is 0.570. The maximum Gasteiger partial charge on any atom is 0.529 e. The summed E-state index contributed by atoms with van der Waals surface area (Å²) in [7, 11) is 10.3. The number of hydrogen-bond donors (Lipinski definition) is 0. The zero-order valence-corrected chi connectivity index (χ0v) is 14.6. The van der Waals surface area contributed by atoms with Crippen LogP contribution >= 0.6 is 0 Å². The molecule has 1 heterocycles. The Bertz CT molecular complexity index is 479. The van der Waals surface area contributed by atoms with Crippen molar-refractivity contribution >= 4 is 17.8 Å². The van der Waals surface area contributed by atoms with Crippen LogP contribution in [-0.2, 0) is 9.59 Å². The van der Waals surface area contributed by atoms with Crippen LogP contribution in [0.5, 0.6) is 0 Å². The predicted octanol–water partition coefficient (Wildman–Crippen LogP) is 0.817. The van der Waals surface area contributed by atoms with Crippen LogP contribution in [0, 0.1) is 5.92 Å². The van der Waals surface area contributed by atoms with E-state index in [-0.39, 0.29) is 37.2 Å². The second kappa shape index (κ2) is 5.26. The molecule has 0 radical (unpaired) electrons. The molecule has 1 aliphatic heterocycles. The Kier molecular flexibility index (Phi) is 4.50. The molecule has 3 atom stereocenters. The highest BCUT2D eigenvalue weighted by Crippen LogP contribution is 2.29. The smallest absolute Gasteiger partial charge is 0.306 e. The van der Waals surface area contributed by atoms with Crippen LogP contribution < -0.4 is 0 Å². The van der Waals surface area contributed by atoms with E-state index in [1.54, 1.807) is 21.1 Å². The Hall–Kier alpha value is -1.11. The predicted molar refractivity (Wildman–Crippen MR) is 79.8 cm³/mol. The van der Waals surface area contributed by atoms with E-state index >= 15 is 0 Å². The molecule has 120 valence electrons. The number of barbiturate groups is 1. The first-order valence-corrected chi connectivity index (χ1v) is 7.44. The van der Waals surface area contributed by atoms with Gasteiger partial charge in [-0.3, -0.25) is 0 Å². The highest BCUT2D eigenvalue weighted by atomic mass is 16.2. The molecule has 0 N–H and O–H groups in total. The molecule has 6 heteroatoms. The Morgan fingerprint density at radius 1 is 1.05 bits per heavy atom. The molecule has 0 aliphatic carbocycles. The lowest BCUT2D eigenvalue weighted by atomic mass is 10.0. The standard InChI is InChI=1S/C15H30N3O3/c1-9-11(2)10-18(8)14(20)12(16(3,4)5)13(19)17(6,7)15(18)21/h11-12H,9-10H2,1-8H3/q+3. The maximum atomic E-state index is 13.0. The maximum absolute atomic E-state index is 13.0. The largest absolute Gasteiger partial charge is 0.529 e. The minimum atomic E-state index is -0.813. The molecule has 3 unspecified atom stereocenters. The summed E-state index contributed by atoms with van der Waals surface area (Å²) in [5, 5.41) is 0. The van der Waals surface area contributed by atoms with Crippen LogP contribution in [0.15, 0.2) is 0 Å². The fourth-order valence-electron chi connectivity index (χ4n) is 3.00. The molecule has 1 fully saturated rings. The Labute approximate surface area is 127 Å². The van der Waals surface area contributed by atoms with Crippen LogP contribution in [-0.4, -0.2) is 86.2 Å². The zero-order chi connectivity index (χ0) is 16.8. The number of imide groups is 2. The lowest BCUT2D eigenvalue weighted by molar-refractivity contribution is -0.937. The normalized spacial score (nSPS) is 31.4. The Morgan fingerprint density at radius 2 is 1.52 bits per heavy atom. The van der Waals surface area contributed by atoms with E-state index in [1.165, 1.54) is 0 Å². The molecule has 1 aliphatic rings. The first kappa shape index (κ1) is 17.9. The van der Waals surface area contributed by atoms with Crippen molar-refractivity contribution in [2.75, 3.05) is 48.8 Å². The van der Waals surface area contributed by atoms with Gasteiger partial charge in [0.15, 0.2) is 0 Å². The summed E-state index contributed by atoms with van der Waals surface area (Å²) in [6, 6.07) is -1.15. The van der Waals surface area contributed by atoms with E-state index in [0.29, 0.717) is 6.54 Å². The molecule has 1 saturated heterocycles. The second-order valence-electron chi connectivity index (χ2n) is 7.82. The minimum absolute atomic E-state index is 0.209. The third-order valence-corrected chi connectivity index (χ3v) is 4.55. The van der Waals surface area contributed by atoms with Crippen molar-refractivity contribution in [3.63, 3.8) is 0 Å². The second-order valence-corrected chi connectivity index (χ2v) is 7.82. The van der Waals surface area contributed by atoms with E-state index in [2.05, 4.69) is 0 Å². The van der Waals surface area contributed by atoms with Gasteiger partial charge in [-0.25, -0.2) is 9.59 Å². The van der Waals surface area contributed by atoms with Crippen LogP contribution in [0.2, 0.25) is 0 Å². The number of amides is 4. The number of quaternary nitrogens is 3. The van der Waals surface area contributed by atoms with Gasteiger partial charge in [-0.2, -0.15) is 4.79 Å². The molecule has 6 nitrogen and oxygen atoms in total. The topological polar surface area (TPSA) is 51.2 Å². The van der Waals surface area contributed by atoms with Gasteiger partial charge in [0.1, 0.15) is 6.54 Å². The van der Waals surface area contributed by atoms with Gasteiger partial charge in [0.25, 0.3) is 0 Å². The van der Waals surface area contributed by atoms with Crippen molar-refractivity contribution < 1.29 is 27.8 Å². The molecule has 0 saturated carbocycles. The van der Waals surface area contributed by atoms with Crippen LogP contribution in [0.1, 0.15) is 20.3 Å². The molecule has 21 heavy (non-hydrogen) atoms. The van der Waals surface area contributed by atoms with Crippen molar-refractivity contribution in [1.82, 2.24) is 0 Å². The molecule has 4 amide bonds. The van der Waals surface area contributed by atoms with Crippen molar-refractivity contribution in [3.8, 4) is 0 Å². The summed E-state index contributed by atoms with van der Waals surface area (Å²) in [5.74, 6) is -0.364. The van der Waals surface area contributed by atoms with Crippen LogP contribution in [0.4, 0.5) is 4.79 Å². The fourth-order valence-corrected chi connectivity index (χ4v) is 3.00. The van der Waals surface area contributed by atoms with Gasteiger partial charge < -0.3 is 4.48 Å². The van der Waals surface area contributed by atoms with Gasteiger partial charge in [-0.15, -0.1) is 8.97 Å². The molecule has 0 aromatic rings. The summed E-state index contributed by atoms with van der Waals surface area (Å²) in [5.41, 5.74) is 0. The van der Waals surface area contributed by atoms with Crippen molar-refractivity contribution in [3.05, 3.63) is 0 Å². The summed E-state index contributed by atoms with van der Waals surface area (Å²) < 4.78 is -0.465. The van der Waals surface area contributed by atoms with E-state index < -0.39 is 6.04 Å². The van der Waals surface area contributed by atoms with Crippen molar-refractivity contribution in [1.29, 1.82) is 0 Å². The number of rotatable bonds is 4. The molecule has 0 aromatic heterocycles. The average Bonchev–Trinajstić information content (AvgIpc) is 2.34. The monoisotopic (exact) mass is 300 g/mol. The lowest BCUT2D eigenvalue weighted by Gasteiger charge is -2.44. The van der Waals surface area contributed by atoms with Crippen molar-refractivity contribution in [2.45, 2.75) is 26.3 Å². The third-order valence-electron chi connectivity index (χ3n) is 4.55. The Balaban J connectivity index is 3.41. The Morgan fingerprint density at radius 3 is 1.90 bits per heavy atom.